The normalized spacial score (nSPS) is 11.5. The van der Waals surface area contributed by atoms with Gasteiger partial charge in [-0.15, -0.1) is 10.2 Å². The second-order valence-corrected chi connectivity index (χ2v) is 6.05. The SMILES string of the molecule is NS(=O)(=O)c1ccc(-c2nnc(-c3ccc(F)cc3)o2)cc1. The average Bonchev–Trinajstić information content (AvgIpc) is 2.97. The van der Waals surface area contributed by atoms with E-state index in [0.29, 0.717) is 11.1 Å². The van der Waals surface area contributed by atoms with Crippen LogP contribution in [0.15, 0.2) is 57.8 Å². The number of primary sulfonamides is 1. The van der Waals surface area contributed by atoms with Crippen molar-refractivity contribution in [2.75, 3.05) is 0 Å². The molecule has 0 saturated heterocycles. The van der Waals surface area contributed by atoms with Crippen LogP contribution in [0, 0.1) is 5.82 Å². The molecule has 1 heterocycles. The summed E-state index contributed by atoms with van der Waals surface area (Å²) in [5.41, 5.74) is 1.13. The van der Waals surface area contributed by atoms with E-state index >= 15 is 0 Å². The lowest BCUT2D eigenvalue weighted by molar-refractivity contribution is 0.583. The maximum absolute atomic E-state index is 12.9. The minimum atomic E-state index is -3.75. The fourth-order valence-electron chi connectivity index (χ4n) is 1.84. The highest BCUT2D eigenvalue weighted by atomic mass is 32.2. The van der Waals surface area contributed by atoms with Gasteiger partial charge in [-0.3, -0.25) is 0 Å². The van der Waals surface area contributed by atoms with Gasteiger partial charge in [0.05, 0.1) is 4.90 Å². The van der Waals surface area contributed by atoms with Gasteiger partial charge in [0.15, 0.2) is 0 Å². The summed E-state index contributed by atoms with van der Waals surface area (Å²) in [5, 5.41) is 12.8. The molecule has 0 bridgehead atoms. The molecule has 2 N–H and O–H groups in total. The molecule has 0 atom stereocenters. The monoisotopic (exact) mass is 319 g/mol. The van der Waals surface area contributed by atoms with Crippen molar-refractivity contribution in [1.82, 2.24) is 10.2 Å². The molecule has 22 heavy (non-hydrogen) atoms. The number of benzene rings is 2. The van der Waals surface area contributed by atoms with Gasteiger partial charge in [-0.05, 0) is 48.5 Å². The Hall–Kier alpha value is -2.58. The molecule has 0 spiro atoms. The average molecular weight is 319 g/mol. The lowest BCUT2D eigenvalue weighted by Crippen LogP contribution is -2.11. The number of hydrogen-bond acceptors (Lipinski definition) is 5. The second-order valence-electron chi connectivity index (χ2n) is 4.49. The van der Waals surface area contributed by atoms with Gasteiger partial charge in [-0.25, -0.2) is 17.9 Å². The second kappa shape index (κ2) is 5.32. The molecule has 3 aromatic rings. The Kier molecular flexibility index (Phi) is 3.47. The summed E-state index contributed by atoms with van der Waals surface area (Å²) in [6.45, 7) is 0. The predicted octanol–water partition coefficient (Wildman–Crippen LogP) is 2.19. The van der Waals surface area contributed by atoms with E-state index in [1.165, 1.54) is 48.5 Å². The van der Waals surface area contributed by atoms with E-state index in [-0.39, 0.29) is 22.5 Å². The summed E-state index contributed by atoms with van der Waals surface area (Å²) < 4.78 is 40.8. The Morgan fingerprint density at radius 1 is 0.864 bits per heavy atom. The molecule has 112 valence electrons. The number of nitrogens with zero attached hydrogens (tertiary/aromatic N) is 2. The molecule has 8 heteroatoms. The van der Waals surface area contributed by atoms with E-state index in [2.05, 4.69) is 10.2 Å². The van der Waals surface area contributed by atoms with E-state index in [1.807, 2.05) is 0 Å². The molecule has 2 aromatic carbocycles. The molecule has 6 nitrogen and oxygen atoms in total. The molecule has 0 radical (unpaired) electrons. The van der Waals surface area contributed by atoms with Gasteiger partial charge < -0.3 is 4.42 Å². The maximum atomic E-state index is 12.9. The first kappa shape index (κ1) is 14.4. The Balaban J connectivity index is 1.92. The summed E-state index contributed by atoms with van der Waals surface area (Å²) >= 11 is 0. The van der Waals surface area contributed by atoms with Crippen molar-refractivity contribution in [2.45, 2.75) is 4.90 Å². The number of sulfonamides is 1. The van der Waals surface area contributed by atoms with Crippen LogP contribution in [0.5, 0.6) is 0 Å². The standard InChI is InChI=1S/C14H10FN3O3S/c15-11-5-1-9(2-6-11)13-17-18-14(21-13)10-3-7-12(8-4-10)22(16,19)20/h1-8H,(H2,16,19,20). The number of halogens is 1. The first-order valence-electron chi connectivity index (χ1n) is 6.16. The lowest BCUT2D eigenvalue weighted by Gasteiger charge is -1.99. The van der Waals surface area contributed by atoms with Crippen LogP contribution in [0.4, 0.5) is 4.39 Å². The smallest absolute Gasteiger partial charge is 0.248 e. The van der Waals surface area contributed by atoms with Crippen LogP contribution in [0.25, 0.3) is 22.9 Å². The molecule has 0 aliphatic carbocycles. The minimum Gasteiger partial charge on any atom is -0.416 e. The highest BCUT2D eigenvalue weighted by molar-refractivity contribution is 7.89. The third kappa shape index (κ3) is 2.87. The van der Waals surface area contributed by atoms with E-state index in [4.69, 9.17) is 9.56 Å². The largest absolute Gasteiger partial charge is 0.416 e. The predicted molar refractivity (Wildman–Crippen MR) is 76.5 cm³/mol. The molecular weight excluding hydrogens is 309 g/mol. The van der Waals surface area contributed by atoms with Crippen molar-refractivity contribution in [3.05, 3.63) is 54.3 Å². The number of hydrogen-bond donors (Lipinski definition) is 1. The first-order valence-corrected chi connectivity index (χ1v) is 7.71. The van der Waals surface area contributed by atoms with Crippen molar-refractivity contribution in [1.29, 1.82) is 0 Å². The van der Waals surface area contributed by atoms with E-state index in [0.717, 1.165) is 0 Å². The molecule has 0 fully saturated rings. The fourth-order valence-corrected chi connectivity index (χ4v) is 2.35. The highest BCUT2D eigenvalue weighted by Gasteiger charge is 2.12. The van der Waals surface area contributed by atoms with Gasteiger partial charge >= 0.3 is 0 Å². The fraction of sp³-hybridized carbons (Fsp3) is 0. The van der Waals surface area contributed by atoms with Gasteiger partial charge in [0.25, 0.3) is 0 Å². The van der Waals surface area contributed by atoms with Crippen LogP contribution in [0.3, 0.4) is 0 Å². The van der Waals surface area contributed by atoms with E-state index < -0.39 is 10.0 Å². The molecule has 0 amide bonds. The molecular formula is C14H10FN3O3S. The molecule has 0 aliphatic heterocycles. The van der Waals surface area contributed by atoms with Gasteiger partial charge in [-0.1, -0.05) is 0 Å². The lowest BCUT2D eigenvalue weighted by atomic mass is 10.2. The highest BCUT2D eigenvalue weighted by Crippen LogP contribution is 2.24. The van der Waals surface area contributed by atoms with Crippen LogP contribution in [-0.2, 0) is 10.0 Å². The first-order chi connectivity index (χ1) is 10.4. The summed E-state index contributed by atoms with van der Waals surface area (Å²) in [6, 6.07) is 11.4. The van der Waals surface area contributed by atoms with Crippen molar-refractivity contribution < 1.29 is 17.2 Å². The van der Waals surface area contributed by atoms with E-state index in [9.17, 15) is 12.8 Å². The topological polar surface area (TPSA) is 99.1 Å². The van der Waals surface area contributed by atoms with Crippen molar-refractivity contribution in [3.8, 4) is 22.9 Å². The van der Waals surface area contributed by atoms with Gasteiger partial charge in [0.2, 0.25) is 21.8 Å². The maximum Gasteiger partial charge on any atom is 0.248 e. The van der Waals surface area contributed by atoms with Crippen molar-refractivity contribution in [3.63, 3.8) is 0 Å². The zero-order chi connectivity index (χ0) is 15.7. The van der Waals surface area contributed by atoms with Gasteiger partial charge in [0, 0.05) is 11.1 Å². The Bertz CT molecular complexity index is 903. The molecule has 3 rings (SSSR count). The third-order valence-corrected chi connectivity index (χ3v) is 3.88. The molecule has 0 saturated carbocycles. The van der Waals surface area contributed by atoms with E-state index in [1.54, 1.807) is 0 Å². The number of nitrogens with two attached hydrogens (primary N) is 1. The summed E-state index contributed by atoms with van der Waals surface area (Å²) in [5.74, 6) is 0.105. The molecule has 0 aliphatic rings. The van der Waals surface area contributed by atoms with Crippen LogP contribution in [-0.4, -0.2) is 18.6 Å². The van der Waals surface area contributed by atoms with Crippen LogP contribution < -0.4 is 5.14 Å². The summed E-state index contributed by atoms with van der Waals surface area (Å²) in [7, 11) is -3.75. The number of rotatable bonds is 3. The van der Waals surface area contributed by atoms with Crippen molar-refractivity contribution >= 4 is 10.0 Å². The summed E-state index contributed by atoms with van der Waals surface area (Å²) in [4.78, 5) is -0.00507. The third-order valence-electron chi connectivity index (χ3n) is 2.95. The van der Waals surface area contributed by atoms with Gasteiger partial charge in [0.1, 0.15) is 5.82 Å². The Morgan fingerprint density at radius 3 is 1.77 bits per heavy atom. The Morgan fingerprint density at radius 2 is 1.32 bits per heavy atom. The number of aromatic nitrogens is 2. The quantitative estimate of drug-likeness (QED) is 0.797. The zero-order valence-corrected chi connectivity index (χ0v) is 11.9. The Labute approximate surface area is 125 Å². The molecule has 0 unspecified atom stereocenters. The summed E-state index contributed by atoms with van der Waals surface area (Å²) in [6.07, 6.45) is 0. The zero-order valence-electron chi connectivity index (χ0n) is 11.1. The van der Waals surface area contributed by atoms with Crippen molar-refractivity contribution in [2.24, 2.45) is 5.14 Å². The minimum absolute atomic E-state index is 0.00507. The van der Waals surface area contributed by atoms with Crippen LogP contribution in [0.2, 0.25) is 0 Å². The van der Waals surface area contributed by atoms with Crippen LogP contribution >= 0.6 is 0 Å². The van der Waals surface area contributed by atoms with Gasteiger partial charge in [-0.2, -0.15) is 0 Å². The molecule has 1 aromatic heterocycles. The van der Waals surface area contributed by atoms with Crippen LogP contribution in [0.1, 0.15) is 0 Å².